The predicted octanol–water partition coefficient (Wildman–Crippen LogP) is 1.97. The van der Waals surface area contributed by atoms with Crippen molar-refractivity contribution in [2.75, 3.05) is 19.8 Å². The fraction of sp³-hybridized carbons (Fsp3) is 0.889. The van der Waals surface area contributed by atoms with Crippen molar-refractivity contribution >= 4 is 17.6 Å². The van der Waals surface area contributed by atoms with E-state index in [0.717, 1.165) is 19.4 Å². The highest BCUT2D eigenvalue weighted by molar-refractivity contribution is 6.29. The highest BCUT2D eigenvalue weighted by Gasteiger charge is 2.09. The number of halogens is 1. The van der Waals surface area contributed by atoms with E-state index in [9.17, 15) is 4.79 Å². The molecule has 0 fully saturated rings. The summed E-state index contributed by atoms with van der Waals surface area (Å²) in [4.78, 5) is 10.8. The van der Waals surface area contributed by atoms with Gasteiger partial charge in [0.2, 0.25) is 0 Å². The van der Waals surface area contributed by atoms with E-state index in [1.165, 1.54) is 0 Å². The number of alkyl halides is 1. The van der Waals surface area contributed by atoms with Crippen LogP contribution in [-0.2, 0) is 14.3 Å². The first-order chi connectivity index (χ1) is 6.18. The maximum absolute atomic E-state index is 10.8. The molecule has 0 aliphatic carbocycles. The second-order valence-corrected chi connectivity index (χ2v) is 3.40. The molecule has 0 aliphatic rings. The molecule has 0 aliphatic heterocycles. The lowest BCUT2D eigenvalue weighted by Crippen LogP contribution is -2.17. The molecule has 0 aromatic heterocycles. The molecule has 0 aromatic rings. The summed E-state index contributed by atoms with van der Waals surface area (Å²) in [5, 5.41) is -0.573. The van der Waals surface area contributed by atoms with Gasteiger partial charge in [-0.3, -0.25) is 4.79 Å². The lowest BCUT2D eigenvalue weighted by atomic mass is 10.4. The fourth-order valence-corrected chi connectivity index (χ4v) is 0.727. The number of carbonyl (C=O) groups excluding carboxylic acids is 1. The van der Waals surface area contributed by atoms with Crippen LogP contribution in [0.4, 0.5) is 0 Å². The topological polar surface area (TPSA) is 35.5 Å². The first-order valence-electron chi connectivity index (χ1n) is 4.57. The van der Waals surface area contributed by atoms with Gasteiger partial charge in [0.15, 0.2) is 0 Å². The van der Waals surface area contributed by atoms with Gasteiger partial charge in [-0.25, -0.2) is 0 Å². The van der Waals surface area contributed by atoms with Crippen molar-refractivity contribution in [3.63, 3.8) is 0 Å². The molecule has 1 atom stereocenters. The summed E-state index contributed by atoms with van der Waals surface area (Å²) >= 11 is 5.48. The minimum atomic E-state index is -0.573. The third kappa shape index (κ3) is 8.06. The second kappa shape index (κ2) is 8.32. The van der Waals surface area contributed by atoms with Crippen molar-refractivity contribution in [2.24, 2.45) is 0 Å². The van der Waals surface area contributed by atoms with E-state index >= 15 is 0 Å². The molecule has 0 saturated heterocycles. The SMILES string of the molecule is CCCCOCCOC(=O)C(C)Cl. The van der Waals surface area contributed by atoms with E-state index in [1.807, 2.05) is 0 Å². The minimum absolute atomic E-state index is 0.291. The second-order valence-electron chi connectivity index (χ2n) is 2.75. The zero-order valence-electron chi connectivity index (χ0n) is 8.22. The van der Waals surface area contributed by atoms with Crippen LogP contribution in [-0.4, -0.2) is 31.2 Å². The molecule has 3 nitrogen and oxygen atoms in total. The third-order valence-electron chi connectivity index (χ3n) is 1.44. The van der Waals surface area contributed by atoms with Gasteiger partial charge in [0.05, 0.1) is 6.61 Å². The number of hydrogen-bond donors (Lipinski definition) is 0. The lowest BCUT2D eigenvalue weighted by Gasteiger charge is -2.06. The van der Waals surface area contributed by atoms with E-state index in [0.29, 0.717) is 13.2 Å². The Hall–Kier alpha value is -0.280. The largest absolute Gasteiger partial charge is 0.462 e. The van der Waals surface area contributed by atoms with Gasteiger partial charge < -0.3 is 9.47 Å². The summed E-state index contributed by atoms with van der Waals surface area (Å²) in [6, 6.07) is 0. The van der Waals surface area contributed by atoms with E-state index < -0.39 is 5.38 Å². The number of rotatable bonds is 7. The summed E-state index contributed by atoms with van der Waals surface area (Å²) in [7, 11) is 0. The molecule has 13 heavy (non-hydrogen) atoms. The van der Waals surface area contributed by atoms with Crippen LogP contribution in [0.3, 0.4) is 0 Å². The average Bonchev–Trinajstić information content (AvgIpc) is 2.10. The summed E-state index contributed by atoms with van der Waals surface area (Å²) in [6.45, 7) is 5.15. The van der Waals surface area contributed by atoms with Crippen molar-refractivity contribution in [2.45, 2.75) is 32.1 Å². The average molecular weight is 209 g/mol. The molecule has 0 radical (unpaired) electrons. The van der Waals surface area contributed by atoms with Gasteiger partial charge >= 0.3 is 5.97 Å². The molecule has 0 N–H and O–H groups in total. The molecule has 1 unspecified atom stereocenters. The Morgan fingerprint density at radius 2 is 2.08 bits per heavy atom. The standard InChI is InChI=1S/C9H17ClO3/c1-3-4-5-12-6-7-13-9(11)8(2)10/h8H,3-7H2,1-2H3. The Kier molecular flexibility index (Phi) is 8.14. The van der Waals surface area contributed by atoms with Crippen molar-refractivity contribution in [3.8, 4) is 0 Å². The number of ether oxygens (including phenoxy) is 2. The fourth-order valence-electron chi connectivity index (χ4n) is 0.664. The van der Waals surface area contributed by atoms with Crippen molar-refractivity contribution in [1.82, 2.24) is 0 Å². The Balaban J connectivity index is 3.12. The molecule has 0 rings (SSSR count). The highest BCUT2D eigenvalue weighted by atomic mass is 35.5. The van der Waals surface area contributed by atoms with E-state index in [-0.39, 0.29) is 5.97 Å². The summed E-state index contributed by atoms with van der Waals surface area (Å²) in [6.07, 6.45) is 2.15. The monoisotopic (exact) mass is 208 g/mol. The Morgan fingerprint density at radius 1 is 1.38 bits per heavy atom. The molecule has 0 spiro atoms. The van der Waals surface area contributed by atoms with Crippen molar-refractivity contribution in [3.05, 3.63) is 0 Å². The number of hydrogen-bond acceptors (Lipinski definition) is 3. The molecule has 0 heterocycles. The molecular formula is C9H17ClO3. The van der Waals surface area contributed by atoms with Crippen LogP contribution >= 0.6 is 11.6 Å². The molecule has 0 aromatic carbocycles. The normalized spacial score (nSPS) is 12.5. The summed E-state index contributed by atoms with van der Waals surface area (Å²) in [5.74, 6) is -0.388. The molecule has 0 saturated carbocycles. The highest BCUT2D eigenvalue weighted by Crippen LogP contribution is 1.96. The van der Waals surface area contributed by atoms with Gasteiger partial charge in [-0.15, -0.1) is 11.6 Å². The molecule has 4 heteroatoms. The maximum atomic E-state index is 10.8. The van der Waals surface area contributed by atoms with Gasteiger partial charge in [-0.05, 0) is 13.3 Å². The first-order valence-corrected chi connectivity index (χ1v) is 5.00. The van der Waals surface area contributed by atoms with Crippen LogP contribution in [0.1, 0.15) is 26.7 Å². The molecular weight excluding hydrogens is 192 g/mol. The van der Waals surface area contributed by atoms with Crippen LogP contribution in [0.2, 0.25) is 0 Å². The van der Waals surface area contributed by atoms with E-state index in [1.54, 1.807) is 6.92 Å². The molecule has 0 amide bonds. The number of unbranched alkanes of at least 4 members (excludes halogenated alkanes) is 1. The number of esters is 1. The van der Waals surface area contributed by atoms with E-state index in [2.05, 4.69) is 6.92 Å². The van der Waals surface area contributed by atoms with Gasteiger partial charge in [-0.1, -0.05) is 13.3 Å². The predicted molar refractivity (Wildman–Crippen MR) is 52.0 cm³/mol. The number of carbonyl (C=O) groups is 1. The van der Waals surface area contributed by atoms with Crippen LogP contribution < -0.4 is 0 Å². The molecule has 78 valence electrons. The van der Waals surface area contributed by atoms with Crippen molar-refractivity contribution in [1.29, 1.82) is 0 Å². The Bertz CT molecular complexity index is 137. The quantitative estimate of drug-likeness (QED) is 0.365. The first kappa shape index (κ1) is 12.7. The van der Waals surface area contributed by atoms with Crippen LogP contribution in [0.25, 0.3) is 0 Å². The zero-order valence-corrected chi connectivity index (χ0v) is 8.97. The molecule has 0 bridgehead atoms. The minimum Gasteiger partial charge on any atom is -0.462 e. The van der Waals surface area contributed by atoms with Gasteiger partial charge in [0.1, 0.15) is 12.0 Å². The van der Waals surface area contributed by atoms with Crippen LogP contribution in [0, 0.1) is 0 Å². The Morgan fingerprint density at radius 3 is 2.62 bits per heavy atom. The maximum Gasteiger partial charge on any atom is 0.323 e. The van der Waals surface area contributed by atoms with E-state index in [4.69, 9.17) is 21.1 Å². The van der Waals surface area contributed by atoms with Crippen molar-refractivity contribution < 1.29 is 14.3 Å². The zero-order chi connectivity index (χ0) is 10.1. The van der Waals surface area contributed by atoms with Gasteiger partial charge in [0.25, 0.3) is 0 Å². The van der Waals surface area contributed by atoms with Crippen LogP contribution in [0.5, 0.6) is 0 Å². The van der Waals surface area contributed by atoms with Gasteiger partial charge in [0, 0.05) is 6.61 Å². The third-order valence-corrected chi connectivity index (χ3v) is 1.62. The lowest BCUT2D eigenvalue weighted by molar-refractivity contribution is -0.144. The summed E-state index contributed by atoms with van der Waals surface area (Å²) in [5.41, 5.74) is 0. The van der Waals surface area contributed by atoms with Gasteiger partial charge in [-0.2, -0.15) is 0 Å². The Labute approximate surface area is 84.4 Å². The van der Waals surface area contributed by atoms with Crippen LogP contribution in [0.15, 0.2) is 0 Å². The summed E-state index contributed by atoms with van der Waals surface area (Å²) < 4.78 is 9.97. The smallest absolute Gasteiger partial charge is 0.323 e.